The molecule has 0 atom stereocenters. The first-order chi connectivity index (χ1) is 6.79. The minimum absolute atomic E-state index is 0.199. The van der Waals surface area contributed by atoms with Crippen molar-refractivity contribution in [1.29, 1.82) is 0 Å². The first kappa shape index (κ1) is 9.97. The zero-order valence-electron chi connectivity index (χ0n) is 7.80. The largest absolute Gasteiger partial charge is 0.493 e. The summed E-state index contributed by atoms with van der Waals surface area (Å²) in [6.07, 6.45) is 2.50. The molecule has 0 spiro atoms. The molecule has 1 aromatic rings. The van der Waals surface area contributed by atoms with Gasteiger partial charge in [0, 0.05) is 11.4 Å². The first-order valence-electron chi connectivity index (χ1n) is 4.77. The molecule has 0 aromatic heterocycles. The Morgan fingerprint density at radius 2 is 2.21 bits per heavy atom. The average Bonchev–Trinajstić information content (AvgIpc) is 2.98. The predicted molar refractivity (Wildman–Crippen MR) is 57.3 cm³/mol. The Hall–Kier alpha value is -0.570. The van der Waals surface area contributed by atoms with Crippen molar-refractivity contribution in [3.8, 4) is 5.75 Å². The second kappa shape index (κ2) is 4.30. The SMILES string of the molecule is Fc1cc(OCC2CC2)ccc1CBr. The summed E-state index contributed by atoms with van der Waals surface area (Å²) < 4.78 is 18.7. The van der Waals surface area contributed by atoms with Gasteiger partial charge in [-0.1, -0.05) is 22.0 Å². The van der Waals surface area contributed by atoms with Gasteiger partial charge in [-0.05, 0) is 30.4 Å². The number of rotatable bonds is 4. The smallest absolute Gasteiger partial charge is 0.130 e. The molecule has 0 N–H and O–H groups in total. The number of hydrogen-bond acceptors (Lipinski definition) is 1. The lowest BCUT2D eigenvalue weighted by atomic mass is 10.2. The van der Waals surface area contributed by atoms with E-state index in [1.165, 1.54) is 18.9 Å². The predicted octanol–water partition coefficient (Wildman–Crippen LogP) is 3.51. The van der Waals surface area contributed by atoms with Crippen LogP contribution in [0.1, 0.15) is 18.4 Å². The molecule has 14 heavy (non-hydrogen) atoms. The van der Waals surface area contributed by atoms with Crippen molar-refractivity contribution in [2.24, 2.45) is 5.92 Å². The Kier molecular flexibility index (Phi) is 3.06. The van der Waals surface area contributed by atoms with E-state index in [9.17, 15) is 4.39 Å². The van der Waals surface area contributed by atoms with E-state index < -0.39 is 0 Å². The molecule has 3 heteroatoms. The van der Waals surface area contributed by atoms with Gasteiger partial charge in [-0.2, -0.15) is 0 Å². The van der Waals surface area contributed by atoms with Gasteiger partial charge in [0.15, 0.2) is 0 Å². The summed E-state index contributed by atoms with van der Waals surface area (Å²) in [5.74, 6) is 1.14. The molecule has 1 aromatic carbocycles. The van der Waals surface area contributed by atoms with Crippen LogP contribution in [-0.4, -0.2) is 6.61 Å². The third-order valence-corrected chi connectivity index (χ3v) is 2.96. The molecule has 0 radical (unpaired) electrons. The minimum atomic E-state index is -0.199. The van der Waals surface area contributed by atoms with E-state index in [1.807, 2.05) is 6.07 Å². The second-order valence-corrected chi connectivity index (χ2v) is 4.20. The van der Waals surface area contributed by atoms with Crippen LogP contribution >= 0.6 is 15.9 Å². The van der Waals surface area contributed by atoms with Gasteiger partial charge in [-0.25, -0.2) is 4.39 Å². The van der Waals surface area contributed by atoms with Crippen molar-refractivity contribution in [2.75, 3.05) is 6.61 Å². The molecule has 0 saturated heterocycles. The normalized spacial score (nSPS) is 15.6. The molecule has 0 bridgehead atoms. The molecular formula is C11H12BrFO. The monoisotopic (exact) mass is 258 g/mol. The van der Waals surface area contributed by atoms with Gasteiger partial charge in [0.1, 0.15) is 11.6 Å². The van der Waals surface area contributed by atoms with Gasteiger partial charge < -0.3 is 4.74 Å². The lowest BCUT2D eigenvalue weighted by Gasteiger charge is -2.06. The first-order valence-corrected chi connectivity index (χ1v) is 5.89. The van der Waals surface area contributed by atoms with Crippen molar-refractivity contribution < 1.29 is 9.13 Å². The highest BCUT2D eigenvalue weighted by Crippen LogP contribution is 2.29. The fraction of sp³-hybridized carbons (Fsp3) is 0.455. The molecule has 1 saturated carbocycles. The summed E-state index contributed by atoms with van der Waals surface area (Å²) in [4.78, 5) is 0. The van der Waals surface area contributed by atoms with E-state index in [0.717, 1.165) is 6.61 Å². The second-order valence-electron chi connectivity index (χ2n) is 3.64. The summed E-state index contributed by atoms with van der Waals surface area (Å²) in [6, 6.07) is 5.04. The van der Waals surface area contributed by atoms with Crippen molar-refractivity contribution in [3.05, 3.63) is 29.6 Å². The number of halogens is 2. The topological polar surface area (TPSA) is 9.23 Å². The van der Waals surface area contributed by atoms with Crippen LogP contribution in [0.4, 0.5) is 4.39 Å². The number of hydrogen-bond donors (Lipinski definition) is 0. The fourth-order valence-electron chi connectivity index (χ4n) is 1.22. The summed E-state index contributed by atoms with van der Waals surface area (Å²) in [5, 5.41) is 0.543. The Labute approximate surface area is 91.4 Å². The van der Waals surface area contributed by atoms with Crippen molar-refractivity contribution in [3.63, 3.8) is 0 Å². The molecule has 0 unspecified atom stereocenters. The third kappa shape index (κ3) is 2.47. The van der Waals surface area contributed by atoms with Crippen LogP contribution in [0.25, 0.3) is 0 Å². The van der Waals surface area contributed by atoms with Crippen molar-refractivity contribution in [2.45, 2.75) is 18.2 Å². The average molecular weight is 259 g/mol. The van der Waals surface area contributed by atoms with E-state index in [1.54, 1.807) is 6.07 Å². The lowest BCUT2D eigenvalue weighted by molar-refractivity contribution is 0.298. The Morgan fingerprint density at radius 3 is 2.79 bits per heavy atom. The quantitative estimate of drug-likeness (QED) is 0.752. The summed E-state index contributed by atoms with van der Waals surface area (Å²) in [7, 11) is 0. The van der Waals surface area contributed by atoms with Crippen molar-refractivity contribution in [1.82, 2.24) is 0 Å². The van der Waals surface area contributed by atoms with Crippen LogP contribution in [0.3, 0.4) is 0 Å². The fourth-order valence-corrected chi connectivity index (χ4v) is 1.68. The molecule has 2 rings (SSSR count). The maximum absolute atomic E-state index is 13.3. The Balaban J connectivity index is 1.99. The van der Waals surface area contributed by atoms with Crippen LogP contribution in [-0.2, 0) is 5.33 Å². The van der Waals surface area contributed by atoms with Crippen molar-refractivity contribution >= 4 is 15.9 Å². The molecule has 76 valence electrons. The molecule has 0 aliphatic heterocycles. The molecule has 1 nitrogen and oxygen atoms in total. The van der Waals surface area contributed by atoms with Crippen LogP contribution < -0.4 is 4.74 Å². The van der Waals surface area contributed by atoms with Crippen LogP contribution in [0.15, 0.2) is 18.2 Å². The summed E-state index contributed by atoms with van der Waals surface area (Å²) >= 11 is 3.22. The minimum Gasteiger partial charge on any atom is -0.493 e. The van der Waals surface area contributed by atoms with E-state index in [2.05, 4.69) is 15.9 Å². The van der Waals surface area contributed by atoms with E-state index in [4.69, 9.17) is 4.74 Å². The van der Waals surface area contributed by atoms with Crippen LogP contribution in [0, 0.1) is 11.7 Å². The van der Waals surface area contributed by atoms with Gasteiger partial charge in [-0.3, -0.25) is 0 Å². The van der Waals surface area contributed by atoms with Gasteiger partial charge >= 0.3 is 0 Å². The van der Waals surface area contributed by atoms with E-state index in [-0.39, 0.29) is 5.82 Å². The standard InChI is InChI=1S/C11H12BrFO/c12-6-9-3-4-10(5-11(9)13)14-7-8-1-2-8/h3-5,8H,1-2,6-7H2. The zero-order chi connectivity index (χ0) is 9.97. The number of benzene rings is 1. The van der Waals surface area contributed by atoms with Gasteiger partial charge in [0.05, 0.1) is 6.61 Å². The zero-order valence-corrected chi connectivity index (χ0v) is 9.39. The molecule has 1 fully saturated rings. The molecule has 0 heterocycles. The third-order valence-electron chi connectivity index (χ3n) is 2.35. The highest BCUT2D eigenvalue weighted by Gasteiger charge is 2.21. The molecular weight excluding hydrogens is 247 g/mol. The van der Waals surface area contributed by atoms with E-state index in [0.29, 0.717) is 22.6 Å². The summed E-state index contributed by atoms with van der Waals surface area (Å²) in [6.45, 7) is 0.729. The molecule has 0 amide bonds. The van der Waals surface area contributed by atoms with E-state index >= 15 is 0 Å². The van der Waals surface area contributed by atoms with Gasteiger partial charge in [0.2, 0.25) is 0 Å². The maximum atomic E-state index is 13.3. The molecule has 1 aliphatic rings. The highest BCUT2D eigenvalue weighted by atomic mass is 79.9. The van der Waals surface area contributed by atoms with Gasteiger partial charge in [0.25, 0.3) is 0 Å². The van der Waals surface area contributed by atoms with Crippen LogP contribution in [0.2, 0.25) is 0 Å². The molecule has 1 aliphatic carbocycles. The number of ether oxygens (including phenoxy) is 1. The Morgan fingerprint density at radius 1 is 1.43 bits per heavy atom. The highest BCUT2D eigenvalue weighted by molar-refractivity contribution is 9.08. The lowest BCUT2D eigenvalue weighted by Crippen LogP contribution is -1.99. The van der Waals surface area contributed by atoms with Gasteiger partial charge in [-0.15, -0.1) is 0 Å². The Bertz CT molecular complexity index is 323. The number of alkyl halides is 1. The summed E-state index contributed by atoms with van der Waals surface area (Å²) in [5.41, 5.74) is 0.670. The maximum Gasteiger partial charge on any atom is 0.130 e. The van der Waals surface area contributed by atoms with Crippen LogP contribution in [0.5, 0.6) is 5.75 Å².